The minimum absolute atomic E-state index is 0.0419. The van der Waals surface area contributed by atoms with Crippen LogP contribution < -0.4 is 0 Å². The minimum atomic E-state index is -0.454. The molecule has 1 aliphatic heterocycles. The maximum Gasteiger partial charge on any atom is 0.272 e. The molecule has 0 bridgehead atoms. The highest BCUT2D eigenvalue weighted by atomic mass is 19.1. The van der Waals surface area contributed by atoms with E-state index in [1.165, 1.54) is 12.1 Å². The highest BCUT2D eigenvalue weighted by Gasteiger charge is 2.23. The van der Waals surface area contributed by atoms with Crippen LogP contribution in [-0.4, -0.2) is 28.9 Å². The molecule has 1 aliphatic rings. The molecular formula is C12H12FN3O. The number of nitrogens with zero attached hydrogens (tertiary/aromatic N) is 3. The van der Waals surface area contributed by atoms with E-state index in [-0.39, 0.29) is 17.5 Å². The lowest BCUT2D eigenvalue weighted by Gasteiger charge is -2.28. The minimum Gasteiger partial charge on any atom is -0.337 e. The zero-order valence-corrected chi connectivity index (χ0v) is 9.27. The van der Waals surface area contributed by atoms with Gasteiger partial charge in [0.2, 0.25) is 0 Å². The molecule has 1 aromatic heterocycles. The van der Waals surface area contributed by atoms with E-state index in [9.17, 15) is 9.18 Å². The van der Waals surface area contributed by atoms with E-state index in [2.05, 4.69) is 11.1 Å². The number of hydrogen-bond donors (Lipinski definition) is 0. The molecule has 5 heteroatoms. The Hall–Kier alpha value is -1.96. The summed E-state index contributed by atoms with van der Waals surface area (Å²) in [4.78, 5) is 17.4. The van der Waals surface area contributed by atoms with Gasteiger partial charge in [0, 0.05) is 19.0 Å². The molecule has 0 N–H and O–H groups in total. The molecule has 2 rings (SSSR count). The second kappa shape index (κ2) is 4.91. The predicted octanol–water partition coefficient (Wildman–Crippen LogP) is 1.60. The summed E-state index contributed by atoms with van der Waals surface area (Å²) in [6.07, 6.45) is 2.43. The molecule has 1 aromatic rings. The van der Waals surface area contributed by atoms with Gasteiger partial charge in [0.05, 0.1) is 12.3 Å². The van der Waals surface area contributed by atoms with E-state index in [1.54, 1.807) is 4.90 Å². The monoisotopic (exact) mass is 233 g/mol. The van der Waals surface area contributed by atoms with Gasteiger partial charge in [0.25, 0.3) is 5.91 Å². The standard InChI is InChI=1S/C12H12FN3O/c13-10-1-2-11(15-8-10)12(17)16-5-3-9(7-14)4-6-16/h1-2,8-9H,3-6H2. The molecule has 0 radical (unpaired) electrons. The predicted molar refractivity (Wildman–Crippen MR) is 58.4 cm³/mol. The van der Waals surface area contributed by atoms with E-state index in [1.807, 2.05) is 0 Å². The SMILES string of the molecule is N#CC1CCN(C(=O)c2ccc(F)cn2)CC1. The average molecular weight is 233 g/mol. The molecule has 0 unspecified atom stereocenters. The van der Waals surface area contributed by atoms with Gasteiger partial charge in [0.1, 0.15) is 11.5 Å². The van der Waals surface area contributed by atoms with Crippen LogP contribution in [0.2, 0.25) is 0 Å². The molecule has 0 aliphatic carbocycles. The van der Waals surface area contributed by atoms with Gasteiger partial charge in [-0.05, 0) is 25.0 Å². The van der Waals surface area contributed by atoms with Crippen LogP contribution in [0.4, 0.5) is 4.39 Å². The van der Waals surface area contributed by atoms with Crippen LogP contribution in [0.1, 0.15) is 23.3 Å². The van der Waals surface area contributed by atoms with Gasteiger partial charge in [-0.3, -0.25) is 4.79 Å². The first-order valence-corrected chi connectivity index (χ1v) is 5.51. The number of pyridine rings is 1. The van der Waals surface area contributed by atoms with Crippen molar-refractivity contribution in [1.29, 1.82) is 5.26 Å². The zero-order valence-electron chi connectivity index (χ0n) is 9.27. The molecule has 0 saturated carbocycles. The highest BCUT2D eigenvalue weighted by molar-refractivity contribution is 5.92. The third-order valence-corrected chi connectivity index (χ3v) is 2.91. The first-order valence-electron chi connectivity index (χ1n) is 5.51. The summed E-state index contributed by atoms with van der Waals surface area (Å²) in [5.41, 5.74) is 0.252. The molecule has 88 valence electrons. The molecule has 0 atom stereocenters. The van der Waals surface area contributed by atoms with Crippen molar-refractivity contribution in [3.05, 3.63) is 29.8 Å². The lowest BCUT2D eigenvalue weighted by atomic mass is 9.98. The fourth-order valence-electron chi connectivity index (χ4n) is 1.88. The third-order valence-electron chi connectivity index (χ3n) is 2.91. The van der Waals surface area contributed by atoms with Gasteiger partial charge >= 0.3 is 0 Å². The number of piperidine rings is 1. The average Bonchev–Trinajstić information content (AvgIpc) is 2.39. The van der Waals surface area contributed by atoms with Crippen LogP contribution in [0.3, 0.4) is 0 Å². The molecule has 1 saturated heterocycles. The van der Waals surface area contributed by atoms with Gasteiger partial charge in [-0.15, -0.1) is 0 Å². The Morgan fingerprint density at radius 1 is 1.47 bits per heavy atom. The fourth-order valence-corrected chi connectivity index (χ4v) is 1.88. The van der Waals surface area contributed by atoms with Crippen molar-refractivity contribution in [3.63, 3.8) is 0 Å². The topological polar surface area (TPSA) is 57.0 Å². The largest absolute Gasteiger partial charge is 0.337 e. The fraction of sp³-hybridized carbons (Fsp3) is 0.417. The summed E-state index contributed by atoms with van der Waals surface area (Å²) in [6, 6.07) is 4.81. The number of aromatic nitrogens is 1. The van der Waals surface area contributed by atoms with Crippen molar-refractivity contribution in [3.8, 4) is 6.07 Å². The van der Waals surface area contributed by atoms with Crippen LogP contribution in [-0.2, 0) is 0 Å². The summed E-state index contributed by atoms with van der Waals surface area (Å²) < 4.78 is 12.7. The molecule has 17 heavy (non-hydrogen) atoms. The van der Waals surface area contributed by atoms with E-state index >= 15 is 0 Å². The van der Waals surface area contributed by atoms with Gasteiger partial charge in [-0.25, -0.2) is 9.37 Å². The number of amides is 1. The van der Waals surface area contributed by atoms with Crippen molar-refractivity contribution in [2.45, 2.75) is 12.8 Å². The summed E-state index contributed by atoms with van der Waals surface area (Å²) in [5.74, 6) is -0.605. The van der Waals surface area contributed by atoms with Crippen molar-refractivity contribution < 1.29 is 9.18 Å². The molecular weight excluding hydrogens is 221 g/mol. The van der Waals surface area contributed by atoms with E-state index in [0.717, 1.165) is 6.20 Å². The Bertz CT molecular complexity index is 444. The second-order valence-electron chi connectivity index (χ2n) is 4.06. The van der Waals surface area contributed by atoms with Crippen molar-refractivity contribution >= 4 is 5.91 Å². The smallest absolute Gasteiger partial charge is 0.272 e. The Balaban J connectivity index is 2.02. The molecule has 4 nitrogen and oxygen atoms in total. The second-order valence-corrected chi connectivity index (χ2v) is 4.06. The summed E-state index contributed by atoms with van der Waals surface area (Å²) in [6.45, 7) is 1.13. The Kier molecular flexibility index (Phi) is 3.33. The number of nitriles is 1. The zero-order chi connectivity index (χ0) is 12.3. The number of hydrogen-bond acceptors (Lipinski definition) is 3. The Morgan fingerprint density at radius 3 is 2.71 bits per heavy atom. The number of carbonyl (C=O) groups excluding carboxylic acids is 1. The first kappa shape index (κ1) is 11.5. The normalized spacial score (nSPS) is 16.6. The van der Waals surface area contributed by atoms with Crippen molar-refractivity contribution in [2.24, 2.45) is 5.92 Å². The highest BCUT2D eigenvalue weighted by Crippen LogP contribution is 2.17. The van der Waals surface area contributed by atoms with Crippen LogP contribution >= 0.6 is 0 Å². The lowest BCUT2D eigenvalue weighted by Crippen LogP contribution is -2.38. The summed E-state index contributed by atoms with van der Waals surface area (Å²) in [7, 11) is 0. The number of carbonyl (C=O) groups is 1. The van der Waals surface area contributed by atoms with E-state index in [0.29, 0.717) is 25.9 Å². The van der Waals surface area contributed by atoms with E-state index in [4.69, 9.17) is 5.26 Å². The van der Waals surface area contributed by atoms with Gasteiger partial charge in [-0.1, -0.05) is 0 Å². The molecule has 0 aromatic carbocycles. The van der Waals surface area contributed by atoms with Gasteiger partial charge in [0.15, 0.2) is 0 Å². The quantitative estimate of drug-likeness (QED) is 0.740. The molecule has 1 fully saturated rings. The third kappa shape index (κ3) is 2.59. The molecule has 0 spiro atoms. The van der Waals surface area contributed by atoms with Crippen LogP contribution in [0.5, 0.6) is 0 Å². The van der Waals surface area contributed by atoms with Crippen LogP contribution in [0.25, 0.3) is 0 Å². The number of rotatable bonds is 1. The maximum atomic E-state index is 12.7. The van der Waals surface area contributed by atoms with Gasteiger partial charge < -0.3 is 4.90 Å². The van der Waals surface area contributed by atoms with Crippen LogP contribution in [0, 0.1) is 23.1 Å². The number of likely N-dealkylation sites (tertiary alicyclic amines) is 1. The van der Waals surface area contributed by atoms with Gasteiger partial charge in [-0.2, -0.15) is 5.26 Å². The Labute approximate surface area is 98.7 Å². The summed E-state index contributed by atoms with van der Waals surface area (Å²) in [5, 5.41) is 8.76. The first-order chi connectivity index (χ1) is 8.20. The molecule has 1 amide bonds. The maximum absolute atomic E-state index is 12.7. The van der Waals surface area contributed by atoms with E-state index < -0.39 is 5.82 Å². The molecule has 2 heterocycles. The lowest BCUT2D eigenvalue weighted by molar-refractivity contribution is 0.0701. The van der Waals surface area contributed by atoms with Crippen LogP contribution in [0.15, 0.2) is 18.3 Å². The number of halogens is 1. The van der Waals surface area contributed by atoms with Crippen molar-refractivity contribution in [1.82, 2.24) is 9.88 Å². The van der Waals surface area contributed by atoms with Crippen molar-refractivity contribution in [2.75, 3.05) is 13.1 Å². The Morgan fingerprint density at radius 2 is 2.18 bits per heavy atom. The summed E-state index contributed by atoms with van der Waals surface area (Å²) >= 11 is 0.